The minimum absolute atomic E-state index is 0.556. The molecule has 0 spiro atoms. The van der Waals surface area contributed by atoms with Crippen LogP contribution in [-0.4, -0.2) is 12.7 Å². The van der Waals surface area contributed by atoms with Crippen LogP contribution in [0.3, 0.4) is 0 Å². The second-order valence-corrected chi connectivity index (χ2v) is 4.35. The fraction of sp³-hybridized carbons (Fsp3) is 0.833. The molecule has 2 unspecified atom stereocenters. The molecular formula is C12H20O. The third-order valence-electron chi connectivity index (χ3n) is 3.27. The molecule has 0 fully saturated rings. The van der Waals surface area contributed by atoms with Gasteiger partial charge in [-0.25, -0.2) is 0 Å². The first kappa shape index (κ1) is 9.26. The maximum atomic E-state index is 5.89. The van der Waals surface area contributed by atoms with Gasteiger partial charge in [0.1, 0.15) is 0 Å². The number of hydrogen-bond acceptors (Lipinski definition) is 1. The lowest BCUT2D eigenvalue weighted by atomic mass is 9.96. The zero-order chi connectivity index (χ0) is 9.10. The second-order valence-electron chi connectivity index (χ2n) is 4.35. The van der Waals surface area contributed by atoms with Crippen molar-refractivity contribution in [2.45, 2.75) is 51.6 Å². The van der Waals surface area contributed by atoms with Crippen LogP contribution < -0.4 is 0 Å². The van der Waals surface area contributed by atoms with E-state index in [2.05, 4.69) is 13.0 Å². The van der Waals surface area contributed by atoms with E-state index in [9.17, 15) is 0 Å². The maximum absolute atomic E-state index is 5.89. The molecule has 13 heavy (non-hydrogen) atoms. The number of fused-ring (bicyclic) bond motifs is 1. The van der Waals surface area contributed by atoms with Gasteiger partial charge in [-0.1, -0.05) is 31.4 Å². The van der Waals surface area contributed by atoms with E-state index in [0.717, 1.165) is 12.5 Å². The summed E-state index contributed by atoms with van der Waals surface area (Å²) in [6.45, 7) is 3.22. The molecule has 2 bridgehead atoms. The lowest BCUT2D eigenvalue weighted by Gasteiger charge is -2.22. The molecule has 0 saturated heterocycles. The molecule has 0 radical (unpaired) electrons. The zero-order valence-corrected chi connectivity index (χ0v) is 8.59. The fourth-order valence-corrected chi connectivity index (χ4v) is 2.46. The van der Waals surface area contributed by atoms with Crippen molar-refractivity contribution < 1.29 is 4.74 Å². The Bertz CT molecular complexity index is 195. The molecule has 0 amide bonds. The minimum atomic E-state index is 0.556. The number of unbranched alkanes of at least 4 members (excludes halogenated alkanes) is 2. The molecular weight excluding hydrogens is 160 g/mol. The number of ether oxygens (including phenoxy) is 1. The Kier molecular flexibility index (Phi) is 3.05. The quantitative estimate of drug-likeness (QED) is 0.466. The Morgan fingerprint density at radius 1 is 1.46 bits per heavy atom. The molecule has 2 aliphatic rings. The van der Waals surface area contributed by atoms with Crippen LogP contribution in [0, 0.1) is 5.92 Å². The number of rotatable bonds is 5. The summed E-state index contributed by atoms with van der Waals surface area (Å²) in [5.41, 5.74) is 1.66. The second kappa shape index (κ2) is 4.28. The van der Waals surface area contributed by atoms with Crippen molar-refractivity contribution in [2.24, 2.45) is 5.92 Å². The summed E-state index contributed by atoms with van der Waals surface area (Å²) in [6, 6.07) is 0. The molecule has 0 aromatic rings. The summed E-state index contributed by atoms with van der Waals surface area (Å²) in [6.07, 6.45) is 10.8. The van der Waals surface area contributed by atoms with Gasteiger partial charge >= 0.3 is 0 Å². The molecule has 0 heterocycles. The lowest BCUT2D eigenvalue weighted by molar-refractivity contribution is 0.0237. The molecule has 0 aromatic carbocycles. The zero-order valence-electron chi connectivity index (χ0n) is 8.59. The van der Waals surface area contributed by atoms with Crippen molar-refractivity contribution in [2.75, 3.05) is 6.61 Å². The van der Waals surface area contributed by atoms with Gasteiger partial charge in [-0.15, -0.1) is 0 Å². The van der Waals surface area contributed by atoms with Crippen LogP contribution in [0.5, 0.6) is 0 Å². The first-order chi connectivity index (χ1) is 6.40. The van der Waals surface area contributed by atoms with Crippen molar-refractivity contribution >= 4 is 0 Å². The smallest absolute Gasteiger partial charge is 0.0674 e. The van der Waals surface area contributed by atoms with Gasteiger partial charge in [0.05, 0.1) is 6.10 Å². The fourth-order valence-electron chi connectivity index (χ4n) is 2.46. The SMILES string of the molecule is CCCCCOC1CC2=CC1CC2. The largest absolute Gasteiger partial charge is 0.377 e. The third kappa shape index (κ3) is 2.14. The standard InChI is InChI=1S/C12H20O/c1-2-3-4-7-13-12-9-10-5-6-11(12)8-10/h8,11-12H,2-7,9H2,1H3. The Labute approximate surface area is 81.2 Å². The molecule has 1 nitrogen and oxygen atoms in total. The summed E-state index contributed by atoms with van der Waals surface area (Å²) in [5.74, 6) is 0.775. The molecule has 0 saturated carbocycles. The Hall–Kier alpha value is -0.300. The average molecular weight is 180 g/mol. The van der Waals surface area contributed by atoms with Crippen LogP contribution in [0.4, 0.5) is 0 Å². The summed E-state index contributed by atoms with van der Waals surface area (Å²) >= 11 is 0. The lowest BCUT2D eigenvalue weighted by Crippen LogP contribution is -2.21. The highest BCUT2D eigenvalue weighted by molar-refractivity contribution is 5.20. The minimum Gasteiger partial charge on any atom is -0.377 e. The van der Waals surface area contributed by atoms with E-state index in [0.29, 0.717) is 6.10 Å². The molecule has 0 aliphatic heterocycles. The van der Waals surface area contributed by atoms with Crippen LogP contribution in [0.25, 0.3) is 0 Å². The van der Waals surface area contributed by atoms with Crippen LogP contribution in [0.2, 0.25) is 0 Å². The molecule has 1 heteroatoms. The molecule has 0 aromatic heterocycles. The van der Waals surface area contributed by atoms with Gasteiger partial charge in [0, 0.05) is 12.5 Å². The Morgan fingerprint density at radius 3 is 3.00 bits per heavy atom. The van der Waals surface area contributed by atoms with Crippen molar-refractivity contribution in [3.05, 3.63) is 11.6 Å². The normalized spacial score (nSPS) is 31.0. The van der Waals surface area contributed by atoms with Crippen molar-refractivity contribution in [3.8, 4) is 0 Å². The Balaban J connectivity index is 1.62. The van der Waals surface area contributed by atoms with E-state index in [4.69, 9.17) is 4.74 Å². The van der Waals surface area contributed by atoms with Gasteiger partial charge < -0.3 is 4.74 Å². The molecule has 2 aliphatic carbocycles. The first-order valence-corrected chi connectivity index (χ1v) is 5.71. The molecule has 0 N–H and O–H groups in total. The van der Waals surface area contributed by atoms with Crippen molar-refractivity contribution in [3.63, 3.8) is 0 Å². The van der Waals surface area contributed by atoms with E-state index in [1.165, 1.54) is 38.5 Å². The van der Waals surface area contributed by atoms with E-state index in [-0.39, 0.29) is 0 Å². The highest BCUT2D eigenvalue weighted by atomic mass is 16.5. The molecule has 2 rings (SSSR count). The predicted octanol–water partition coefficient (Wildman–Crippen LogP) is 3.30. The highest BCUT2D eigenvalue weighted by Gasteiger charge is 2.32. The van der Waals surface area contributed by atoms with Gasteiger partial charge in [0.15, 0.2) is 0 Å². The van der Waals surface area contributed by atoms with E-state index >= 15 is 0 Å². The van der Waals surface area contributed by atoms with Gasteiger partial charge in [0.25, 0.3) is 0 Å². The van der Waals surface area contributed by atoms with E-state index < -0.39 is 0 Å². The highest BCUT2D eigenvalue weighted by Crippen LogP contribution is 2.40. The topological polar surface area (TPSA) is 9.23 Å². The monoisotopic (exact) mass is 180 g/mol. The first-order valence-electron chi connectivity index (χ1n) is 5.71. The Morgan fingerprint density at radius 2 is 2.38 bits per heavy atom. The predicted molar refractivity (Wildman–Crippen MR) is 54.7 cm³/mol. The summed E-state index contributed by atoms with van der Waals surface area (Å²) < 4.78 is 5.89. The summed E-state index contributed by atoms with van der Waals surface area (Å²) in [4.78, 5) is 0. The van der Waals surface area contributed by atoms with E-state index in [1.807, 2.05) is 0 Å². The van der Waals surface area contributed by atoms with Crippen LogP contribution >= 0.6 is 0 Å². The van der Waals surface area contributed by atoms with Crippen molar-refractivity contribution in [1.29, 1.82) is 0 Å². The van der Waals surface area contributed by atoms with E-state index in [1.54, 1.807) is 5.57 Å². The average Bonchev–Trinajstić information content (AvgIpc) is 2.73. The van der Waals surface area contributed by atoms with Crippen LogP contribution in [-0.2, 0) is 4.74 Å². The van der Waals surface area contributed by atoms with Gasteiger partial charge in [0.2, 0.25) is 0 Å². The summed E-state index contributed by atoms with van der Waals surface area (Å²) in [7, 11) is 0. The summed E-state index contributed by atoms with van der Waals surface area (Å²) in [5, 5.41) is 0. The maximum Gasteiger partial charge on any atom is 0.0674 e. The van der Waals surface area contributed by atoms with Crippen LogP contribution in [0.15, 0.2) is 11.6 Å². The van der Waals surface area contributed by atoms with Crippen molar-refractivity contribution in [1.82, 2.24) is 0 Å². The molecule has 74 valence electrons. The van der Waals surface area contributed by atoms with Gasteiger partial charge in [-0.2, -0.15) is 0 Å². The molecule has 2 atom stereocenters. The van der Waals surface area contributed by atoms with Crippen LogP contribution in [0.1, 0.15) is 45.4 Å². The third-order valence-corrected chi connectivity index (χ3v) is 3.27. The van der Waals surface area contributed by atoms with Gasteiger partial charge in [-0.3, -0.25) is 0 Å². The van der Waals surface area contributed by atoms with Gasteiger partial charge in [-0.05, 0) is 25.7 Å². The number of hydrogen-bond donors (Lipinski definition) is 0.